The van der Waals surface area contributed by atoms with Gasteiger partial charge in [0.05, 0.1) is 19.4 Å². The predicted octanol–water partition coefficient (Wildman–Crippen LogP) is 2.21. The zero-order valence-corrected chi connectivity index (χ0v) is 10.5. The first-order valence-electron chi connectivity index (χ1n) is 4.21. The van der Waals surface area contributed by atoms with E-state index in [0.29, 0.717) is 13.0 Å². The minimum absolute atomic E-state index is 0.0401. The second kappa shape index (κ2) is 7.69. The summed E-state index contributed by atoms with van der Waals surface area (Å²) in [6, 6.07) is 0. The molecule has 0 aromatic carbocycles. The summed E-state index contributed by atoms with van der Waals surface area (Å²) in [7, 11) is -2.38. The minimum Gasteiger partial charge on any atom is -0.324 e. The second-order valence-electron chi connectivity index (χ2n) is 2.54. The average Bonchev–Trinajstić information content (AvgIpc) is 2.09. The Kier molecular flexibility index (Phi) is 7.92. The van der Waals surface area contributed by atoms with Gasteiger partial charge in [-0.25, -0.2) is 9.13 Å². The normalized spacial score (nSPS) is 15.0. The Morgan fingerprint density at radius 2 is 1.93 bits per heavy atom. The highest BCUT2D eigenvalue weighted by Gasteiger charge is 2.13. The molecule has 0 rings (SSSR count). The molecule has 1 N–H and O–H groups in total. The third-order valence-corrected chi connectivity index (χ3v) is 3.53. The highest BCUT2D eigenvalue weighted by molar-refractivity contribution is 8.07. The van der Waals surface area contributed by atoms with E-state index in [1.54, 1.807) is 0 Å². The van der Waals surface area contributed by atoms with Crippen molar-refractivity contribution in [1.82, 2.24) is 0 Å². The first-order valence-corrected chi connectivity index (χ1v) is 8.17. The van der Waals surface area contributed by atoms with Crippen LogP contribution < -0.4 is 0 Å². The molecule has 0 aliphatic rings. The maximum absolute atomic E-state index is 10.2. The Balaban J connectivity index is 3.60. The summed E-state index contributed by atoms with van der Waals surface area (Å²) in [5, 5.41) is 0. The zero-order valence-electron chi connectivity index (χ0n) is 7.92. The lowest BCUT2D eigenvalue weighted by molar-refractivity contribution is 0.197. The summed E-state index contributed by atoms with van der Waals surface area (Å²) in [6.45, 7) is -0.784. The summed E-state index contributed by atoms with van der Waals surface area (Å²) in [4.78, 5) is 9.34. The van der Waals surface area contributed by atoms with Crippen molar-refractivity contribution in [2.24, 2.45) is 0 Å². The van der Waals surface area contributed by atoms with Crippen LogP contribution in [0.4, 0.5) is 0 Å². The summed E-state index contributed by atoms with van der Waals surface area (Å²) < 4.78 is 30.1. The Labute approximate surface area is 88.9 Å². The van der Waals surface area contributed by atoms with Crippen LogP contribution >= 0.6 is 14.4 Å². The van der Waals surface area contributed by atoms with E-state index in [1.165, 1.54) is 0 Å². The van der Waals surface area contributed by atoms with Crippen molar-refractivity contribution < 1.29 is 23.1 Å². The molecule has 0 spiro atoms. The van der Waals surface area contributed by atoms with E-state index in [0.717, 1.165) is 6.42 Å². The van der Waals surface area contributed by atoms with Gasteiger partial charge in [0.15, 0.2) is 0 Å². The van der Waals surface area contributed by atoms with Crippen LogP contribution in [0.1, 0.15) is 19.8 Å². The molecule has 0 fully saturated rings. The Morgan fingerprint density at radius 1 is 1.36 bits per heavy atom. The highest BCUT2D eigenvalue weighted by Crippen LogP contribution is 2.43. The number of rotatable bonds is 8. The van der Waals surface area contributed by atoms with Crippen LogP contribution in [0.25, 0.3) is 0 Å². The maximum Gasteiger partial charge on any atom is 0.324 e. The molecule has 0 aromatic rings. The number of hydrogen-bond donors (Lipinski definition) is 1. The van der Waals surface area contributed by atoms with Gasteiger partial charge in [0, 0.05) is 0 Å². The average molecular weight is 260 g/mol. The van der Waals surface area contributed by atoms with Crippen LogP contribution in [0.5, 0.6) is 0 Å². The van der Waals surface area contributed by atoms with Gasteiger partial charge < -0.3 is 13.9 Å². The monoisotopic (exact) mass is 260 g/mol. The molecule has 0 aliphatic heterocycles. The van der Waals surface area contributed by atoms with Crippen molar-refractivity contribution in [3.63, 3.8) is 0 Å². The van der Waals surface area contributed by atoms with Gasteiger partial charge in [0.25, 0.3) is 0 Å². The topological polar surface area (TPSA) is 72.8 Å². The standard InChI is InChI=1S/C6H14O5P2S/c1-2-4-10-13(9,14)11-5-3-6-12(7)8/h2-6H2,1H3,(H,9,14). The smallest absolute Gasteiger partial charge is 0.324 e. The molecule has 0 radical (unpaired) electrons. The fraction of sp³-hybridized carbons (Fsp3) is 1.00. The van der Waals surface area contributed by atoms with Gasteiger partial charge >= 0.3 is 14.4 Å². The first-order chi connectivity index (χ1) is 6.48. The molecular weight excluding hydrogens is 246 g/mol. The summed E-state index contributed by atoms with van der Waals surface area (Å²) in [5.41, 5.74) is 0. The van der Waals surface area contributed by atoms with Gasteiger partial charge in [-0.2, -0.15) is 0 Å². The third kappa shape index (κ3) is 9.00. The van der Waals surface area contributed by atoms with Crippen molar-refractivity contribution >= 4 is 26.2 Å². The molecule has 14 heavy (non-hydrogen) atoms. The maximum atomic E-state index is 10.2. The van der Waals surface area contributed by atoms with E-state index in [4.69, 9.17) is 9.05 Å². The van der Waals surface area contributed by atoms with Crippen LogP contribution in [0.3, 0.4) is 0 Å². The SMILES string of the molecule is CCCOP(O)(=S)OCCCP(=O)=O. The molecule has 84 valence electrons. The van der Waals surface area contributed by atoms with Gasteiger partial charge in [0.1, 0.15) is 0 Å². The van der Waals surface area contributed by atoms with Crippen LogP contribution in [0, 0.1) is 0 Å². The van der Waals surface area contributed by atoms with E-state index < -0.39 is 14.4 Å². The van der Waals surface area contributed by atoms with Gasteiger partial charge in [0.2, 0.25) is 0 Å². The molecule has 0 bridgehead atoms. The van der Waals surface area contributed by atoms with Crippen molar-refractivity contribution in [1.29, 1.82) is 0 Å². The van der Waals surface area contributed by atoms with E-state index in [-0.39, 0.29) is 12.8 Å². The molecule has 0 heterocycles. The van der Waals surface area contributed by atoms with Gasteiger partial charge in [-0.05, 0) is 24.6 Å². The Bertz CT molecular complexity index is 257. The van der Waals surface area contributed by atoms with Gasteiger partial charge in [-0.1, -0.05) is 6.92 Å². The molecule has 1 atom stereocenters. The Morgan fingerprint density at radius 3 is 2.43 bits per heavy atom. The van der Waals surface area contributed by atoms with Gasteiger partial charge in [-0.3, -0.25) is 0 Å². The van der Waals surface area contributed by atoms with Crippen LogP contribution in [0.2, 0.25) is 0 Å². The van der Waals surface area contributed by atoms with Crippen LogP contribution in [0.15, 0.2) is 0 Å². The zero-order chi connectivity index (χ0) is 11.0. The highest BCUT2D eigenvalue weighted by atomic mass is 32.5. The summed E-state index contributed by atoms with van der Waals surface area (Å²) >= 11 is 4.66. The fourth-order valence-corrected chi connectivity index (χ4v) is 2.30. The molecular formula is C6H14O5P2S. The summed E-state index contributed by atoms with van der Waals surface area (Å²) in [6.07, 6.45) is 1.11. The van der Waals surface area contributed by atoms with Crippen LogP contribution in [-0.2, 0) is 30.0 Å². The predicted molar refractivity (Wildman–Crippen MR) is 56.5 cm³/mol. The van der Waals surface area contributed by atoms with Crippen LogP contribution in [-0.4, -0.2) is 24.3 Å². The number of hydrogen-bond acceptors (Lipinski definition) is 5. The third-order valence-electron chi connectivity index (χ3n) is 1.20. The fourth-order valence-electron chi connectivity index (χ4n) is 0.617. The quantitative estimate of drug-likeness (QED) is 0.532. The lowest BCUT2D eigenvalue weighted by atomic mass is 10.5. The summed E-state index contributed by atoms with van der Waals surface area (Å²) in [5.74, 6) is 0. The van der Waals surface area contributed by atoms with E-state index in [2.05, 4.69) is 11.8 Å². The minimum atomic E-state index is -3.13. The molecule has 0 amide bonds. The van der Waals surface area contributed by atoms with E-state index >= 15 is 0 Å². The molecule has 0 saturated heterocycles. The molecule has 0 aliphatic carbocycles. The van der Waals surface area contributed by atoms with E-state index in [1.807, 2.05) is 6.92 Å². The second-order valence-corrected chi connectivity index (χ2v) is 6.50. The Hall–Kier alpha value is 0.430. The molecule has 0 saturated carbocycles. The van der Waals surface area contributed by atoms with Crippen molar-refractivity contribution in [3.05, 3.63) is 0 Å². The van der Waals surface area contributed by atoms with Gasteiger partial charge in [-0.15, -0.1) is 0 Å². The molecule has 8 heteroatoms. The lowest BCUT2D eigenvalue weighted by Crippen LogP contribution is -1.98. The van der Waals surface area contributed by atoms with Crippen molar-refractivity contribution in [3.8, 4) is 0 Å². The first kappa shape index (κ1) is 14.4. The van der Waals surface area contributed by atoms with Crippen molar-refractivity contribution in [2.75, 3.05) is 19.4 Å². The molecule has 0 aromatic heterocycles. The van der Waals surface area contributed by atoms with E-state index in [9.17, 15) is 14.0 Å². The lowest BCUT2D eigenvalue weighted by Gasteiger charge is -2.14. The molecule has 1 unspecified atom stereocenters. The molecule has 5 nitrogen and oxygen atoms in total. The largest absolute Gasteiger partial charge is 0.324 e. The van der Waals surface area contributed by atoms with Crippen molar-refractivity contribution in [2.45, 2.75) is 19.8 Å².